The Labute approximate surface area is 122 Å². The number of carbonyl (C=O) groups is 1. The van der Waals surface area contributed by atoms with Crippen molar-refractivity contribution in [3.8, 4) is 0 Å². The van der Waals surface area contributed by atoms with Gasteiger partial charge in [-0.05, 0) is 36.8 Å². The first-order valence-corrected chi connectivity index (χ1v) is 6.61. The fourth-order valence-corrected chi connectivity index (χ4v) is 1.91. The lowest BCUT2D eigenvalue weighted by Gasteiger charge is -2.14. The van der Waals surface area contributed by atoms with Crippen molar-refractivity contribution in [3.63, 3.8) is 0 Å². The van der Waals surface area contributed by atoms with E-state index in [9.17, 15) is 4.79 Å². The quantitative estimate of drug-likeness (QED) is 0.887. The van der Waals surface area contributed by atoms with Crippen LogP contribution in [-0.4, -0.2) is 16.1 Å². The van der Waals surface area contributed by atoms with Gasteiger partial charge in [-0.2, -0.15) is 0 Å². The zero-order valence-corrected chi connectivity index (χ0v) is 11.8. The zero-order valence-electron chi connectivity index (χ0n) is 11.0. The van der Waals surface area contributed by atoms with Crippen molar-refractivity contribution in [1.82, 2.24) is 10.3 Å². The van der Waals surface area contributed by atoms with Gasteiger partial charge in [0.25, 0.3) is 0 Å². The average molecular weight is 291 g/mol. The number of nitrogens with zero attached hydrogens (tertiary/aromatic N) is 1. The van der Waals surface area contributed by atoms with Crippen LogP contribution in [0.25, 0.3) is 0 Å². The molecule has 5 heteroatoms. The molecule has 0 aliphatic carbocycles. The molecule has 0 spiro atoms. The highest BCUT2D eigenvalue weighted by molar-refractivity contribution is 6.30. The molecule has 1 unspecified atom stereocenters. The van der Waals surface area contributed by atoms with E-state index in [1.54, 1.807) is 12.1 Å². The summed E-state index contributed by atoms with van der Waals surface area (Å²) in [6, 6.07) is 11.1. The SMILES string of the molecule is CC(NCc1ccc(C(=O)O)cn1)c1ccc(Cl)cc1. The van der Waals surface area contributed by atoms with Crippen LogP contribution in [0.3, 0.4) is 0 Å². The van der Waals surface area contributed by atoms with Crippen molar-refractivity contribution in [3.05, 3.63) is 64.4 Å². The fraction of sp³-hybridized carbons (Fsp3) is 0.200. The minimum atomic E-state index is -0.966. The van der Waals surface area contributed by atoms with E-state index in [2.05, 4.69) is 17.2 Å². The van der Waals surface area contributed by atoms with E-state index in [0.29, 0.717) is 11.6 Å². The van der Waals surface area contributed by atoms with Crippen LogP contribution in [0.15, 0.2) is 42.6 Å². The largest absolute Gasteiger partial charge is 0.478 e. The number of pyridine rings is 1. The van der Waals surface area contributed by atoms with Gasteiger partial charge in [0.05, 0.1) is 11.3 Å². The highest BCUT2D eigenvalue weighted by Crippen LogP contribution is 2.16. The van der Waals surface area contributed by atoms with Crippen LogP contribution >= 0.6 is 11.6 Å². The molecule has 0 saturated heterocycles. The van der Waals surface area contributed by atoms with Gasteiger partial charge in [-0.3, -0.25) is 4.98 Å². The van der Waals surface area contributed by atoms with Crippen molar-refractivity contribution in [2.45, 2.75) is 19.5 Å². The van der Waals surface area contributed by atoms with E-state index >= 15 is 0 Å². The second kappa shape index (κ2) is 6.50. The van der Waals surface area contributed by atoms with Gasteiger partial charge in [-0.1, -0.05) is 23.7 Å². The summed E-state index contributed by atoms with van der Waals surface area (Å²) in [5, 5.41) is 12.8. The van der Waals surface area contributed by atoms with Crippen LogP contribution in [0.2, 0.25) is 5.02 Å². The molecule has 104 valence electrons. The summed E-state index contributed by atoms with van der Waals surface area (Å²) >= 11 is 5.85. The first-order valence-electron chi connectivity index (χ1n) is 6.23. The number of carboxylic acid groups (broad SMARTS) is 1. The average Bonchev–Trinajstić information content (AvgIpc) is 2.46. The monoisotopic (exact) mass is 290 g/mol. The summed E-state index contributed by atoms with van der Waals surface area (Å²) in [6.07, 6.45) is 1.37. The van der Waals surface area contributed by atoms with Gasteiger partial charge < -0.3 is 10.4 Å². The minimum Gasteiger partial charge on any atom is -0.478 e. The highest BCUT2D eigenvalue weighted by Gasteiger charge is 2.06. The highest BCUT2D eigenvalue weighted by atomic mass is 35.5. The summed E-state index contributed by atoms with van der Waals surface area (Å²) in [6.45, 7) is 2.62. The van der Waals surface area contributed by atoms with Gasteiger partial charge in [0.15, 0.2) is 0 Å². The van der Waals surface area contributed by atoms with Gasteiger partial charge in [-0.25, -0.2) is 4.79 Å². The smallest absolute Gasteiger partial charge is 0.337 e. The number of aromatic nitrogens is 1. The maximum Gasteiger partial charge on any atom is 0.337 e. The number of nitrogens with one attached hydrogen (secondary N) is 1. The molecule has 0 aliphatic rings. The standard InChI is InChI=1S/C15H15ClN2O2/c1-10(11-2-5-13(16)6-3-11)17-9-14-7-4-12(8-18-14)15(19)20/h2-8,10,17H,9H2,1H3,(H,19,20). The molecule has 2 N–H and O–H groups in total. The van der Waals surface area contributed by atoms with Gasteiger partial charge in [0.1, 0.15) is 0 Å². The maximum atomic E-state index is 10.7. The van der Waals surface area contributed by atoms with E-state index < -0.39 is 5.97 Å². The molecular formula is C15H15ClN2O2. The molecule has 0 radical (unpaired) electrons. The van der Waals surface area contributed by atoms with Gasteiger partial charge in [0.2, 0.25) is 0 Å². The topological polar surface area (TPSA) is 62.2 Å². The van der Waals surface area contributed by atoms with E-state index in [1.165, 1.54) is 6.20 Å². The number of carboxylic acids is 1. The number of hydrogen-bond acceptors (Lipinski definition) is 3. The lowest BCUT2D eigenvalue weighted by Crippen LogP contribution is -2.18. The Balaban J connectivity index is 1.94. The molecule has 2 aromatic rings. The Morgan fingerprint density at radius 3 is 2.55 bits per heavy atom. The molecule has 0 bridgehead atoms. The minimum absolute atomic E-state index is 0.160. The lowest BCUT2D eigenvalue weighted by molar-refractivity contribution is 0.0696. The van der Waals surface area contributed by atoms with Crippen LogP contribution < -0.4 is 5.32 Å². The first-order chi connectivity index (χ1) is 9.56. The van der Waals surface area contributed by atoms with E-state index in [-0.39, 0.29) is 11.6 Å². The third kappa shape index (κ3) is 3.79. The third-order valence-electron chi connectivity index (χ3n) is 3.03. The van der Waals surface area contributed by atoms with Crippen LogP contribution in [-0.2, 0) is 6.54 Å². The molecule has 20 heavy (non-hydrogen) atoms. The summed E-state index contributed by atoms with van der Waals surface area (Å²) < 4.78 is 0. The molecule has 0 amide bonds. The van der Waals surface area contributed by atoms with Crippen LogP contribution in [0.5, 0.6) is 0 Å². The van der Waals surface area contributed by atoms with Crippen molar-refractivity contribution in [2.75, 3.05) is 0 Å². The predicted molar refractivity (Wildman–Crippen MR) is 77.9 cm³/mol. The zero-order chi connectivity index (χ0) is 14.5. The molecule has 1 aromatic carbocycles. The van der Waals surface area contributed by atoms with Crippen molar-refractivity contribution in [1.29, 1.82) is 0 Å². The van der Waals surface area contributed by atoms with Gasteiger partial charge in [-0.15, -0.1) is 0 Å². The molecule has 0 saturated carbocycles. The summed E-state index contributed by atoms with van der Waals surface area (Å²) in [7, 11) is 0. The van der Waals surface area contributed by atoms with Gasteiger partial charge >= 0.3 is 5.97 Å². The second-order valence-corrected chi connectivity index (χ2v) is 4.93. The Bertz CT molecular complexity index is 582. The number of hydrogen-bond donors (Lipinski definition) is 2. The van der Waals surface area contributed by atoms with Crippen LogP contribution in [0.4, 0.5) is 0 Å². The Hall–Kier alpha value is -1.91. The van der Waals surface area contributed by atoms with E-state index in [4.69, 9.17) is 16.7 Å². The number of rotatable bonds is 5. The maximum absolute atomic E-state index is 10.7. The van der Waals surface area contributed by atoms with Crippen molar-refractivity contribution >= 4 is 17.6 Å². The first kappa shape index (κ1) is 14.5. The Morgan fingerprint density at radius 1 is 1.30 bits per heavy atom. The van der Waals surface area contributed by atoms with Crippen LogP contribution in [0, 0.1) is 0 Å². The molecule has 4 nitrogen and oxygen atoms in total. The molecular weight excluding hydrogens is 276 g/mol. The molecule has 0 fully saturated rings. The molecule has 1 atom stereocenters. The second-order valence-electron chi connectivity index (χ2n) is 4.50. The van der Waals surface area contributed by atoms with E-state index in [1.807, 2.05) is 24.3 Å². The summed E-state index contributed by atoms with van der Waals surface area (Å²) in [4.78, 5) is 14.8. The number of aromatic carboxylic acids is 1. The molecule has 2 rings (SSSR count). The summed E-state index contributed by atoms with van der Waals surface area (Å²) in [5.74, 6) is -0.966. The molecule has 0 aliphatic heterocycles. The third-order valence-corrected chi connectivity index (χ3v) is 3.28. The lowest BCUT2D eigenvalue weighted by atomic mass is 10.1. The number of benzene rings is 1. The Morgan fingerprint density at radius 2 is 2.00 bits per heavy atom. The van der Waals surface area contributed by atoms with E-state index in [0.717, 1.165) is 11.3 Å². The Kier molecular flexibility index (Phi) is 4.71. The molecule has 1 aromatic heterocycles. The number of halogens is 1. The van der Waals surface area contributed by atoms with Crippen molar-refractivity contribution in [2.24, 2.45) is 0 Å². The molecule has 1 heterocycles. The van der Waals surface area contributed by atoms with Gasteiger partial charge in [0, 0.05) is 23.8 Å². The predicted octanol–water partition coefficient (Wildman–Crippen LogP) is 3.28. The normalized spacial score (nSPS) is 12.1. The van der Waals surface area contributed by atoms with Crippen molar-refractivity contribution < 1.29 is 9.90 Å². The fourth-order valence-electron chi connectivity index (χ4n) is 1.78. The van der Waals surface area contributed by atoms with Crippen LogP contribution in [0.1, 0.15) is 34.6 Å². The summed E-state index contributed by atoms with van der Waals surface area (Å²) in [5.41, 5.74) is 2.13.